The Bertz CT molecular complexity index is 2250. The molecule has 4 N–H and O–H groups in total. The third-order valence-electron chi connectivity index (χ3n) is 22.9. The van der Waals surface area contributed by atoms with E-state index in [9.17, 15) is 25.2 Å². The van der Waals surface area contributed by atoms with Crippen molar-refractivity contribution in [2.75, 3.05) is 6.61 Å². The molecule has 64 heavy (non-hydrogen) atoms. The molecule has 1 aromatic rings. The van der Waals surface area contributed by atoms with Crippen molar-refractivity contribution in [3.05, 3.63) is 34.4 Å². The van der Waals surface area contributed by atoms with E-state index in [4.69, 9.17) is 28.9 Å². The van der Waals surface area contributed by atoms with Gasteiger partial charge in [0.1, 0.15) is 17.5 Å². The van der Waals surface area contributed by atoms with Gasteiger partial charge in [-0.2, -0.15) is 0 Å². The van der Waals surface area contributed by atoms with Crippen LogP contribution in [0, 0.1) is 74.9 Å². The highest BCUT2D eigenvalue weighted by Gasteiger charge is 2.77. The lowest BCUT2D eigenvalue weighted by Gasteiger charge is -2.62. The van der Waals surface area contributed by atoms with Crippen LogP contribution in [0.15, 0.2) is 11.6 Å². The molecule has 1 aromatic heterocycles. The monoisotopic (exact) mass is 883 g/mol. The van der Waals surface area contributed by atoms with E-state index in [0.29, 0.717) is 61.6 Å². The fourth-order valence-corrected chi connectivity index (χ4v) is 19.1. The Kier molecular flexibility index (Phi) is 8.38. The van der Waals surface area contributed by atoms with Crippen LogP contribution in [-0.4, -0.2) is 95.6 Å². The minimum Gasteiger partial charge on any atom is -0.392 e. The van der Waals surface area contributed by atoms with Crippen LogP contribution >= 0.6 is 0 Å². The van der Waals surface area contributed by atoms with E-state index in [-0.39, 0.29) is 58.2 Å². The highest BCUT2D eigenvalue weighted by molar-refractivity contribution is 5.87. The molecular formula is C53H74N2O9. The molecule has 0 amide bonds. The number of carbonyl (C=O) groups is 1. The number of Topliss-reactive ketones (excluding diaryl/α,β-unsaturated/α-hetero) is 1. The van der Waals surface area contributed by atoms with Crippen molar-refractivity contribution in [1.29, 1.82) is 0 Å². The summed E-state index contributed by atoms with van der Waals surface area (Å²) in [5.41, 5.74) is 1.20. The summed E-state index contributed by atoms with van der Waals surface area (Å²) in [6, 6.07) is 0. The number of hydrogen-bond donors (Lipinski definition) is 4. The minimum atomic E-state index is -1.43. The largest absolute Gasteiger partial charge is 0.392 e. The lowest BCUT2D eigenvalue weighted by Crippen LogP contribution is -2.66. The van der Waals surface area contributed by atoms with Gasteiger partial charge in [-0.1, -0.05) is 46.3 Å². The second-order valence-electron chi connectivity index (χ2n) is 26.2. The fourth-order valence-electron chi connectivity index (χ4n) is 19.1. The fraction of sp³-hybridized carbons (Fsp3) is 0.868. The van der Waals surface area contributed by atoms with Gasteiger partial charge in [0, 0.05) is 54.3 Å². The number of aromatic nitrogens is 2. The van der Waals surface area contributed by atoms with Gasteiger partial charge < -0.3 is 39.4 Å². The molecule has 9 fully saturated rings. The van der Waals surface area contributed by atoms with Crippen LogP contribution in [0.1, 0.15) is 149 Å². The van der Waals surface area contributed by atoms with Gasteiger partial charge in [-0.3, -0.25) is 14.8 Å². The van der Waals surface area contributed by atoms with Crippen molar-refractivity contribution in [3.8, 4) is 0 Å². The highest BCUT2D eigenvalue weighted by Crippen LogP contribution is 2.72. The maximum absolute atomic E-state index is 14.7. The quantitative estimate of drug-likeness (QED) is 0.215. The second kappa shape index (κ2) is 12.7. The molecule has 0 radical (unpaired) electrons. The van der Waals surface area contributed by atoms with Crippen LogP contribution in [0.2, 0.25) is 0 Å². The minimum absolute atomic E-state index is 0.00837. The summed E-state index contributed by atoms with van der Waals surface area (Å²) in [7, 11) is 0. The molecule has 4 saturated heterocycles. The molecule has 12 aliphatic rings. The number of fused-ring (bicyclic) bond motifs is 16. The van der Waals surface area contributed by atoms with Crippen LogP contribution in [0.5, 0.6) is 0 Å². The van der Waals surface area contributed by atoms with Crippen LogP contribution < -0.4 is 0 Å². The van der Waals surface area contributed by atoms with Gasteiger partial charge >= 0.3 is 0 Å². The molecule has 21 atom stereocenters. The maximum Gasteiger partial charge on any atom is 0.174 e. The molecule has 5 heterocycles. The summed E-state index contributed by atoms with van der Waals surface area (Å²) in [4.78, 5) is 25.9. The first-order valence-electron chi connectivity index (χ1n) is 25.6. The predicted molar refractivity (Wildman–Crippen MR) is 234 cm³/mol. The van der Waals surface area contributed by atoms with E-state index < -0.39 is 52.4 Å². The van der Waals surface area contributed by atoms with E-state index in [1.54, 1.807) is 6.92 Å². The summed E-state index contributed by atoms with van der Waals surface area (Å²) in [5.74, 6) is 0.282. The number of hydrogen-bond acceptors (Lipinski definition) is 11. The average molecular weight is 883 g/mol. The van der Waals surface area contributed by atoms with Gasteiger partial charge in [-0.15, -0.1) is 0 Å². The van der Waals surface area contributed by atoms with E-state index >= 15 is 0 Å². The van der Waals surface area contributed by atoms with E-state index in [2.05, 4.69) is 34.6 Å². The summed E-state index contributed by atoms with van der Waals surface area (Å²) in [5, 5.41) is 48.3. The second-order valence-corrected chi connectivity index (χ2v) is 26.2. The topological polar surface area (TPSA) is 161 Å². The number of aliphatic hydroxyl groups excluding tert-OH is 2. The Balaban J connectivity index is 0.765. The molecule has 2 spiro atoms. The van der Waals surface area contributed by atoms with Gasteiger partial charge in [0.05, 0.1) is 58.9 Å². The zero-order valence-electron chi connectivity index (χ0n) is 39.6. The predicted octanol–water partition coefficient (Wildman–Crippen LogP) is 6.37. The first-order chi connectivity index (χ1) is 30.0. The smallest absolute Gasteiger partial charge is 0.174 e. The lowest BCUT2D eigenvalue weighted by molar-refractivity contribution is -0.289. The van der Waals surface area contributed by atoms with E-state index in [0.717, 1.165) is 86.1 Å². The third-order valence-corrected chi connectivity index (χ3v) is 22.9. The first-order valence-corrected chi connectivity index (χ1v) is 25.6. The van der Waals surface area contributed by atoms with Gasteiger partial charge in [0.2, 0.25) is 0 Å². The Morgan fingerprint density at radius 2 is 1.44 bits per heavy atom. The van der Waals surface area contributed by atoms with Gasteiger partial charge in [0.15, 0.2) is 11.6 Å². The van der Waals surface area contributed by atoms with Crippen molar-refractivity contribution in [2.24, 2.45) is 74.9 Å². The number of carbonyl (C=O) groups excluding carboxylic acids is 1. The van der Waals surface area contributed by atoms with Gasteiger partial charge in [0.25, 0.3) is 0 Å². The Morgan fingerprint density at radius 3 is 2.11 bits per heavy atom. The first kappa shape index (κ1) is 42.3. The highest BCUT2D eigenvalue weighted by atomic mass is 16.7. The zero-order valence-corrected chi connectivity index (χ0v) is 39.6. The summed E-state index contributed by atoms with van der Waals surface area (Å²) in [6.45, 7) is 17.4. The molecule has 13 rings (SSSR count). The Morgan fingerprint density at radius 1 is 0.734 bits per heavy atom. The van der Waals surface area contributed by atoms with E-state index in [1.165, 1.54) is 6.42 Å². The number of nitrogens with zero attached hydrogens (tertiary/aromatic N) is 2. The van der Waals surface area contributed by atoms with Crippen LogP contribution in [-0.2, 0) is 49.4 Å². The Hall–Kier alpha value is -1.83. The molecule has 5 saturated carbocycles. The number of ether oxygens (including phenoxy) is 4. The number of rotatable bonds is 0. The van der Waals surface area contributed by atoms with Crippen LogP contribution in [0.25, 0.3) is 0 Å². The van der Waals surface area contributed by atoms with Crippen molar-refractivity contribution in [3.63, 3.8) is 0 Å². The molecule has 0 unspecified atom stereocenters. The molecule has 8 aliphatic carbocycles. The summed E-state index contributed by atoms with van der Waals surface area (Å²) < 4.78 is 26.5. The van der Waals surface area contributed by atoms with Crippen molar-refractivity contribution < 1.29 is 44.2 Å². The molecule has 11 nitrogen and oxygen atoms in total. The van der Waals surface area contributed by atoms with Crippen molar-refractivity contribution in [1.82, 2.24) is 9.97 Å². The molecule has 4 aliphatic heterocycles. The molecule has 0 bridgehead atoms. The summed E-state index contributed by atoms with van der Waals surface area (Å²) >= 11 is 0. The zero-order chi connectivity index (χ0) is 44.7. The summed E-state index contributed by atoms with van der Waals surface area (Å²) in [6.07, 6.45) is 12.1. The molecule has 350 valence electrons. The molecule has 11 heteroatoms. The van der Waals surface area contributed by atoms with Crippen molar-refractivity contribution >= 4 is 5.78 Å². The van der Waals surface area contributed by atoms with Gasteiger partial charge in [-0.05, 0) is 138 Å². The van der Waals surface area contributed by atoms with Crippen molar-refractivity contribution in [2.45, 2.75) is 204 Å². The third kappa shape index (κ3) is 5.05. The molecular weight excluding hydrogens is 809 g/mol. The lowest BCUT2D eigenvalue weighted by atomic mass is 9.43. The van der Waals surface area contributed by atoms with Crippen LogP contribution in [0.4, 0.5) is 0 Å². The maximum atomic E-state index is 14.7. The number of ketones is 1. The van der Waals surface area contributed by atoms with Gasteiger partial charge in [-0.25, -0.2) is 0 Å². The number of aliphatic hydroxyl groups is 4. The molecule has 0 aromatic carbocycles. The van der Waals surface area contributed by atoms with E-state index in [1.807, 2.05) is 19.9 Å². The van der Waals surface area contributed by atoms with Crippen LogP contribution in [0.3, 0.4) is 0 Å². The Labute approximate surface area is 379 Å². The normalized spacial score (nSPS) is 58.3. The standard InChI is InChI=1S/C53H74N2O9/c1-26-52(14-12-46(4,59)25-61-52)63-43-21-33-44-32(20-42(58)50(33,8)53(26,43)60)48(6)24-38-36(16-28(48)17-39(44)56)55-37-23-47(5)27(15-35(37)54-38)9-10-29-30(47)19-41(57)49(7)31(29)18-40-34(49)22-51(62-40)13-11-45(2,3)64-51/h21,26-32,34,39-40,42-44,56,58-60H,9-20,22-25H2,1-8H3/t26-,27+,28-,29-,30+,31-,32+,34+,39+,40+,42-,43+,44-,46+,47+,48+,49+,50-,51-,52-,53-/m1/s1. The average Bonchev–Trinajstić information content (AvgIpc) is 3.94. The SMILES string of the molecule is C[C@@H]1[C@@]2(CC[C@](C)(O)CO2)O[C@H]2C=C3[C@@H]4[C@@H](O)C[C@H]5Cc6nc7c(nc6C[C@]5(C)[C@H]4C[C@@H](O)[C@]3(C)[C@]21O)C[C@@H]1CC[C@H]2[C@H]3C[C@@H]4O[C@@]5(CCC(C)(C)O5)C[C@@H]4[C@@]3(C)C(=O)C[C@@H]2[C@@]1(C)C7.